The van der Waals surface area contributed by atoms with Gasteiger partial charge in [0.15, 0.2) is 14.1 Å². The van der Waals surface area contributed by atoms with E-state index in [9.17, 15) is 0 Å². The normalized spacial score (nSPS) is 32.5. The second kappa shape index (κ2) is 3.94. The topological polar surface area (TPSA) is 18.5 Å². The first-order valence-electron chi connectivity index (χ1n) is 6.14. The van der Waals surface area contributed by atoms with Gasteiger partial charge in [-0.05, 0) is 25.2 Å². The SMILES string of the molecule is CO[C@@]1(O[Si](C)(C)C)C[C@]1(C)c1ccccc1. The Balaban J connectivity index is 2.26. The van der Waals surface area contributed by atoms with Gasteiger partial charge >= 0.3 is 0 Å². The summed E-state index contributed by atoms with van der Waals surface area (Å²) in [5, 5.41) is 0. The predicted molar refractivity (Wildman–Crippen MR) is 72.6 cm³/mol. The first-order chi connectivity index (χ1) is 7.83. The maximum absolute atomic E-state index is 6.27. The Morgan fingerprint density at radius 1 is 1.12 bits per heavy atom. The molecule has 94 valence electrons. The van der Waals surface area contributed by atoms with Crippen molar-refractivity contribution in [3.05, 3.63) is 35.9 Å². The van der Waals surface area contributed by atoms with Crippen LogP contribution in [-0.4, -0.2) is 21.2 Å². The molecule has 0 aliphatic heterocycles. The summed E-state index contributed by atoms with van der Waals surface area (Å²) >= 11 is 0. The van der Waals surface area contributed by atoms with Gasteiger partial charge in [-0.25, -0.2) is 0 Å². The minimum Gasteiger partial charge on any atom is -0.390 e. The fourth-order valence-corrected chi connectivity index (χ4v) is 3.90. The molecule has 3 heteroatoms. The fourth-order valence-electron chi connectivity index (χ4n) is 2.53. The summed E-state index contributed by atoms with van der Waals surface area (Å²) in [4.78, 5) is 0. The Morgan fingerprint density at radius 2 is 1.71 bits per heavy atom. The lowest BCUT2D eigenvalue weighted by atomic mass is 9.97. The van der Waals surface area contributed by atoms with Crippen LogP contribution in [0.25, 0.3) is 0 Å². The van der Waals surface area contributed by atoms with Crippen molar-refractivity contribution >= 4 is 8.32 Å². The zero-order valence-corrected chi connectivity index (χ0v) is 12.4. The third-order valence-electron chi connectivity index (χ3n) is 3.51. The minimum atomic E-state index is -1.60. The van der Waals surface area contributed by atoms with E-state index in [1.54, 1.807) is 7.11 Å². The van der Waals surface area contributed by atoms with Crippen molar-refractivity contribution < 1.29 is 9.16 Å². The number of methoxy groups -OCH3 is 1. The van der Waals surface area contributed by atoms with Crippen LogP contribution in [0.2, 0.25) is 19.6 Å². The molecule has 1 aliphatic carbocycles. The summed E-state index contributed by atoms with van der Waals surface area (Å²) in [7, 11) is 0.160. The van der Waals surface area contributed by atoms with Crippen molar-refractivity contribution in [2.24, 2.45) is 0 Å². The summed E-state index contributed by atoms with van der Waals surface area (Å²) in [6.45, 7) is 8.85. The molecule has 2 nitrogen and oxygen atoms in total. The van der Waals surface area contributed by atoms with E-state index >= 15 is 0 Å². The maximum Gasteiger partial charge on any atom is 0.187 e. The van der Waals surface area contributed by atoms with Crippen LogP contribution in [0.5, 0.6) is 0 Å². The summed E-state index contributed by atoms with van der Waals surface area (Å²) in [5.74, 6) is -0.404. The zero-order chi connectivity index (χ0) is 12.7. The Hall–Kier alpha value is -0.643. The van der Waals surface area contributed by atoms with Crippen molar-refractivity contribution in [1.29, 1.82) is 0 Å². The second-order valence-electron chi connectivity index (χ2n) is 6.05. The molecule has 1 aromatic carbocycles. The number of hydrogen-bond acceptors (Lipinski definition) is 2. The molecule has 0 unspecified atom stereocenters. The average molecular weight is 250 g/mol. The first-order valence-corrected chi connectivity index (χ1v) is 9.55. The number of rotatable bonds is 4. The van der Waals surface area contributed by atoms with Gasteiger partial charge in [-0.2, -0.15) is 0 Å². The second-order valence-corrected chi connectivity index (χ2v) is 10.5. The van der Waals surface area contributed by atoms with Crippen LogP contribution in [0, 0.1) is 0 Å². The highest BCUT2D eigenvalue weighted by Gasteiger charge is 2.68. The van der Waals surface area contributed by atoms with Crippen molar-refractivity contribution in [2.75, 3.05) is 7.11 Å². The quantitative estimate of drug-likeness (QED) is 0.601. The molecule has 0 aromatic heterocycles. The van der Waals surface area contributed by atoms with Gasteiger partial charge in [-0.3, -0.25) is 0 Å². The van der Waals surface area contributed by atoms with Gasteiger partial charge in [0.2, 0.25) is 0 Å². The van der Waals surface area contributed by atoms with E-state index in [0.717, 1.165) is 6.42 Å². The summed E-state index contributed by atoms with van der Waals surface area (Å²) in [5.41, 5.74) is 1.31. The van der Waals surface area contributed by atoms with Gasteiger partial charge < -0.3 is 9.16 Å². The van der Waals surface area contributed by atoms with Crippen LogP contribution in [-0.2, 0) is 14.6 Å². The molecule has 0 heterocycles. The monoisotopic (exact) mass is 250 g/mol. The van der Waals surface area contributed by atoms with Gasteiger partial charge in [0.05, 0.1) is 5.41 Å². The highest BCUT2D eigenvalue weighted by atomic mass is 28.4. The lowest BCUT2D eigenvalue weighted by Crippen LogP contribution is -2.38. The minimum absolute atomic E-state index is 0.00326. The van der Waals surface area contributed by atoms with E-state index < -0.39 is 14.1 Å². The third-order valence-corrected chi connectivity index (χ3v) is 4.46. The molecule has 1 aromatic rings. The summed E-state index contributed by atoms with van der Waals surface area (Å²) in [6.07, 6.45) is 0.949. The Labute approximate surface area is 105 Å². The molecular weight excluding hydrogens is 228 g/mol. The molecule has 2 atom stereocenters. The molecule has 0 saturated heterocycles. The molecule has 1 aliphatic rings. The molecule has 0 amide bonds. The molecule has 2 rings (SSSR count). The molecular formula is C14H22O2Si. The smallest absolute Gasteiger partial charge is 0.187 e. The number of ether oxygens (including phenoxy) is 1. The Morgan fingerprint density at radius 3 is 2.18 bits per heavy atom. The van der Waals surface area contributed by atoms with Gasteiger partial charge in [0, 0.05) is 13.5 Å². The average Bonchev–Trinajstić information content (AvgIpc) is 2.84. The molecule has 0 N–H and O–H groups in total. The highest BCUT2D eigenvalue weighted by molar-refractivity contribution is 6.69. The van der Waals surface area contributed by atoms with Crippen LogP contribution in [0.1, 0.15) is 18.9 Å². The van der Waals surface area contributed by atoms with Gasteiger partial charge in [-0.15, -0.1) is 0 Å². The molecule has 0 spiro atoms. The molecule has 0 bridgehead atoms. The zero-order valence-electron chi connectivity index (χ0n) is 11.4. The summed E-state index contributed by atoms with van der Waals surface area (Å²) < 4.78 is 12.0. The molecule has 1 fully saturated rings. The van der Waals surface area contributed by atoms with Crippen LogP contribution in [0.3, 0.4) is 0 Å². The van der Waals surface area contributed by atoms with Crippen LogP contribution in [0.4, 0.5) is 0 Å². The number of hydrogen-bond donors (Lipinski definition) is 0. The molecule has 17 heavy (non-hydrogen) atoms. The highest BCUT2D eigenvalue weighted by Crippen LogP contribution is 2.61. The summed E-state index contributed by atoms with van der Waals surface area (Å²) in [6, 6.07) is 10.5. The standard InChI is InChI=1S/C14H22O2Si/c1-13(12-9-7-6-8-10-12)11-14(13,15-2)16-17(3,4)5/h6-10H,11H2,1-5H3/t13-,14-/m1/s1. The van der Waals surface area contributed by atoms with Crippen LogP contribution in [0.15, 0.2) is 30.3 Å². The Kier molecular flexibility index (Phi) is 2.96. The lowest BCUT2D eigenvalue weighted by molar-refractivity contribution is -0.102. The van der Waals surface area contributed by atoms with Crippen LogP contribution >= 0.6 is 0 Å². The van der Waals surface area contributed by atoms with E-state index in [4.69, 9.17) is 9.16 Å². The predicted octanol–water partition coefficient (Wildman–Crippen LogP) is 3.54. The van der Waals surface area contributed by atoms with Gasteiger partial charge in [-0.1, -0.05) is 37.3 Å². The van der Waals surface area contributed by atoms with E-state index in [1.807, 2.05) is 6.07 Å². The van der Waals surface area contributed by atoms with Crippen molar-refractivity contribution in [3.8, 4) is 0 Å². The van der Waals surface area contributed by atoms with E-state index in [2.05, 4.69) is 50.8 Å². The Bertz CT molecular complexity index is 398. The molecule has 1 saturated carbocycles. The fraction of sp³-hybridized carbons (Fsp3) is 0.571. The van der Waals surface area contributed by atoms with Crippen LogP contribution < -0.4 is 0 Å². The van der Waals surface area contributed by atoms with Crippen molar-refractivity contribution in [3.63, 3.8) is 0 Å². The van der Waals surface area contributed by atoms with E-state index in [1.165, 1.54) is 5.56 Å². The first kappa shape index (κ1) is 12.8. The van der Waals surface area contributed by atoms with Gasteiger partial charge in [0.1, 0.15) is 0 Å². The van der Waals surface area contributed by atoms with E-state index in [0.29, 0.717) is 0 Å². The third kappa shape index (κ3) is 2.19. The van der Waals surface area contributed by atoms with Gasteiger partial charge in [0.25, 0.3) is 0 Å². The number of benzene rings is 1. The maximum atomic E-state index is 6.27. The largest absolute Gasteiger partial charge is 0.390 e. The van der Waals surface area contributed by atoms with E-state index in [-0.39, 0.29) is 5.41 Å². The van der Waals surface area contributed by atoms with Crippen molar-refractivity contribution in [2.45, 2.75) is 44.2 Å². The van der Waals surface area contributed by atoms with Crippen molar-refractivity contribution in [1.82, 2.24) is 0 Å². The molecule has 0 radical (unpaired) electrons. The lowest BCUT2D eigenvalue weighted by Gasteiger charge is -2.29.